The van der Waals surface area contributed by atoms with Crippen LogP contribution in [0.3, 0.4) is 0 Å². The lowest BCUT2D eigenvalue weighted by molar-refractivity contribution is 1.13. The quantitative estimate of drug-likeness (QED) is 0.182. The smallest absolute Gasteiger partial charge is 0.0782 e. The van der Waals surface area contributed by atoms with E-state index in [1.165, 1.54) is 95.3 Å². The molecule has 0 spiro atoms. The summed E-state index contributed by atoms with van der Waals surface area (Å²) in [7, 11) is 0. The van der Waals surface area contributed by atoms with Crippen molar-refractivity contribution in [2.45, 2.75) is 0 Å². The molecule has 11 rings (SSSR count). The molecule has 0 atom stereocenters. The second-order valence-corrected chi connectivity index (χ2v) is 14.2. The SMILES string of the molecule is c1ccc2c(c1)sc1ccc(-n3c4ccc5c6ccccc6sc5c4c4cccc(-n5c6ccccc6c6ccccc65)c43)cc12. The lowest BCUT2D eigenvalue weighted by Crippen LogP contribution is -2.00. The van der Waals surface area contributed by atoms with Crippen LogP contribution < -0.4 is 0 Å². The maximum absolute atomic E-state index is 2.53. The maximum atomic E-state index is 2.53. The van der Waals surface area contributed by atoms with Gasteiger partial charge in [-0.1, -0.05) is 91.0 Å². The molecular formula is C42H24N2S2. The van der Waals surface area contributed by atoms with E-state index >= 15 is 0 Å². The van der Waals surface area contributed by atoms with Crippen molar-refractivity contribution in [2.24, 2.45) is 0 Å². The van der Waals surface area contributed by atoms with E-state index in [0.717, 1.165) is 0 Å². The second kappa shape index (κ2) is 9.07. The Hall–Kier alpha value is -5.42. The van der Waals surface area contributed by atoms with Gasteiger partial charge in [-0.25, -0.2) is 0 Å². The molecule has 0 aliphatic carbocycles. The molecule has 0 bridgehead atoms. The number of benzene rings is 7. The summed E-state index contributed by atoms with van der Waals surface area (Å²) in [5.41, 5.74) is 7.29. The van der Waals surface area contributed by atoms with Crippen molar-refractivity contribution in [3.05, 3.63) is 146 Å². The zero-order chi connectivity index (χ0) is 29.9. The van der Waals surface area contributed by atoms with Gasteiger partial charge in [0.1, 0.15) is 0 Å². The normalized spacial score (nSPS) is 12.3. The largest absolute Gasteiger partial charge is 0.307 e. The molecule has 0 N–H and O–H groups in total. The molecule has 2 nitrogen and oxygen atoms in total. The molecule has 0 saturated heterocycles. The Morgan fingerprint density at radius 3 is 1.74 bits per heavy atom. The molecule has 46 heavy (non-hydrogen) atoms. The van der Waals surface area contributed by atoms with Crippen molar-refractivity contribution >= 4 is 107 Å². The van der Waals surface area contributed by atoms with Crippen LogP contribution in [0.1, 0.15) is 0 Å². The lowest BCUT2D eigenvalue weighted by Gasteiger charge is -2.14. The fourth-order valence-corrected chi connectivity index (χ4v) is 10.1. The van der Waals surface area contributed by atoms with Gasteiger partial charge in [-0.15, -0.1) is 22.7 Å². The Bertz CT molecular complexity index is 2990. The van der Waals surface area contributed by atoms with E-state index in [4.69, 9.17) is 0 Å². The van der Waals surface area contributed by atoms with Crippen molar-refractivity contribution in [1.29, 1.82) is 0 Å². The van der Waals surface area contributed by atoms with Crippen LogP contribution in [0.2, 0.25) is 0 Å². The summed E-state index contributed by atoms with van der Waals surface area (Å²) >= 11 is 3.78. The number of para-hydroxylation sites is 3. The average Bonchev–Trinajstić information content (AvgIpc) is 3.85. The molecule has 0 aliphatic heterocycles. The number of fused-ring (bicyclic) bond motifs is 13. The molecule has 0 amide bonds. The first-order valence-corrected chi connectivity index (χ1v) is 17.2. The van der Waals surface area contributed by atoms with E-state index in [-0.39, 0.29) is 0 Å². The summed E-state index contributed by atoms with van der Waals surface area (Å²) in [6.07, 6.45) is 0. The number of rotatable bonds is 2. The third-order valence-corrected chi connectivity index (χ3v) is 12.1. The zero-order valence-corrected chi connectivity index (χ0v) is 26.2. The monoisotopic (exact) mass is 620 g/mol. The molecule has 4 heteroatoms. The molecule has 0 fully saturated rings. The zero-order valence-electron chi connectivity index (χ0n) is 24.6. The van der Waals surface area contributed by atoms with Gasteiger partial charge in [0.15, 0.2) is 0 Å². The molecule has 214 valence electrons. The standard InChI is InChI=1S/C42H24N2S2/c1-5-15-33-26(10-1)27-11-2-6-16-34(27)44(33)36-17-9-14-31-40-35(22-21-30-28-12-3-8-19-38(28)46-42(30)40)43(41(31)36)25-20-23-39-32(24-25)29-13-4-7-18-37(29)45-39/h1-24H. The van der Waals surface area contributed by atoms with Crippen LogP contribution in [0.15, 0.2) is 146 Å². The minimum atomic E-state index is 1.18. The first-order chi connectivity index (χ1) is 22.8. The number of aromatic nitrogens is 2. The summed E-state index contributed by atoms with van der Waals surface area (Å²) in [5, 5.41) is 10.4. The Balaban J connectivity index is 1.36. The number of hydrogen-bond donors (Lipinski definition) is 0. The molecule has 4 aromatic heterocycles. The predicted molar refractivity (Wildman–Crippen MR) is 201 cm³/mol. The van der Waals surface area contributed by atoms with E-state index in [2.05, 4.69) is 155 Å². The van der Waals surface area contributed by atoms with Crippen LogP contribution in [0.25, 0.3) is 95.3 Å². The van der Waals surface area contributed by atoms with Crippen LogP contribution in [0.5, 0.6) is 0 Å². The Labute approximate surface area is 271 Å². The summed E-state index contributed by atoms with van der Waals surface area (Å²) in [5.74, 6) is 0. The fourth-order valence-electron chi connectivity index (χ4n) is 7.80. The molecule has 0 radical (unpaired) electrons. The van der Waals surface area contributed by atoms with Gasteiger partial charge in [-0.2, -0.15) is 0 Å². The summed E-state index contributed by atoms with van der Waals surface area (Å²) in [6, 6.07) is 53.8. The van der Waals surface area contributed by atoms with Crippen molar-refractivity contribution in [1.82, 2.24) is 9.13 Å². The highest BCUT2D eigenvalue weighted by molar-refractivity contribution is 7.27. The minimum absolute atomic E-state index is 1.18. The minimum Gasteiger partial charge on any atom is -0.307 e. The highest BCUT2D eigenvalue weighted by Crippen LogP contribution is 2.46. The van der Waals surface area contributed by atoms with Gasteiger partial charge in [0.2, 0.25) is 0 Å². The lowest BCUT2D eigenvalue weighted by atomic mass is 10.1. The highest BCUT2D eigenvalue weighted by atomic mass is 32.1. The van der Waals surface area contributed by atoms with E-state index in [1.54, 1.807) is 0 Å². The average molecular weight is 621 g/mol. The first-order valence-electron chi connectivity index (χ1n) is 15.6. The number of hydrogen-bond acceptors (Lipinski definition) is 2. The van der Waals surface area contributed by atoms with Crippen molar-refractivity contribution in [3.8, 4) is 11.4 Å². The maximum Gasteiger partial charge on any atom is 0.0782 e. The molecule has 4 heterocycles. The Morgan fingerprint density at radius 1 is 0.370 bits per heavy atom. The van der Waals surface area contributed by atoms with Crippen LogP contribution in [-0.2, 0) is 0 Å². The molecule has 7 aromatic carbocycles. The predicted octanol–water partition coefficient (Wildman–Crippen LogP) is 12.6. The molecule has 0 saturated carbocycles. The van der Waals surface area contributed by atoms with Gasteiger partial charge in [0.25, 0.3) is 0 Å². The highest BCUT2D eigenvalue weighted by Gasteiger charge is 2.22. The van der Waals surface area contributed by atoms with E-state index < -0.39 is 0 Å². The Kier molecular flexibility index (Phi) is 4.90. The van der Waals surface area contributed by atoms with Crippen molar-refractivity contribution < 1.29 is 0 Å². The van der Waals surface area contributed by atoms with Crippen LogP contribution in [0, 0.1) is 0 Å². The van der Waals surface area contributed by atoms with Crippen molar-refractivity contribution in [3.63, 3.8) is 0 Å². The molecule has 0 unspecified atom stereocenters. The van der Waals surface area contributed by atoms with Crippen LogP contribution in [-0.4, -0.2) is 9.13 Å². The first kappa shape index (κ1) is 24.8. The van der Waals surface area contributed by atoms with Gasteiger partial charge in [0, 0.05) is 67.6 Å². The van der Waals surface area contributed by atoms with Crippen molar-refractivity contribution in [2.75, 3.05) is 0 Å². The molecular weight excluding hydrogens is 597 g/mol. The summed E-state index contributed by atoms with van der Waals surface area (Å²) in [4.78, 5) is 0. The van der Waals surface area contributed by atoms with E-state index in [1.807, 2.05) is 22.7 Å². The van der Waals surface area contributed by atoms with E-state index in [0.29, 0.717) is 0 Å². The number of thiophene rings is 2. The third-order valence-electron chi connectivity index (χ3n) is 9.71. The van der Waals surface area contributed by atoms with E-state index in [9.17, 15) is 0 Å². The van der Waals surface area contributed by atoms with Crippen LogP contribution >= 0.6 is 22.7 Å². The summed E-state index contributed by atoms with van der Waals surface area (Å²) in [6.45, 7) is 0. The van der Waals surface area contributed by atoms with Gasteiger partial charge < -0.3 is 9.13 Å². The number of nitrogens with zero attached hydrogens (tertiary/aromatic N) is 2. The van der Waals surface area contributed by atoms with Gasteiger partial charge in [-0.05, 0) is 54.6 Å². The third kappa shape index (κ3) is 3.20. The molecule has 0 aliphatic rings. The molecule has 11 aromatic rings. The van der Waals surface area contributed by atoms with Gasteiger partial charge in [0.05, 0.1) is 27.8 Å². The summed E-state index contributed by atoms with van der Waals surface area (Å²) < 4.78 is 10.3. The topological polar surface area (TPSA) is 9.86 Å². The fraction of sp³-hybridized carbons (Fsp3) is 0. The van der Waals surface area contributed by atoms with Gasteiger partial charge >= 0.3 is 0 Å². The van der Waals surface area contributed by atoms with Crippen LogP contribution in [0.4, 0.5) is 0 Å². The second-order valence-electron chi connectivity index (χ2n) is 12.1. The van der Waals surface area contributed by atoms with Gasteiger partial charge in [-0.3, -0.25) is 0 Å². The Morgan fingerprint density at radius 2 is 0.978 bits per heavy atom.